The van der Waals surface area contributed by atoms with Gasteiger partial charge in [0.2, 0.25) is 17.8 Å². The maximum atomic E-state index is 13.4. The van der Waals surface area contributed by atoms with Gasteiger partial charge < -0.3 is 19.9 Å². The first kappa shape index (κ1) is 20.2. The van der Waals surface area contributed by atoms with Gasteiger partial charge in [-0.15, -0.1) is 10.2 Å². The molecule has 6 rings (SSSR count). The van der Waals surface area contributed by atoms with Crippen LogP contribution in [0.25, 0.3) is 0 Å². The van der Waals surface area contributed by atoms with Crippen LogP contribution in [0.3, 0.4) is 0 Å². The van der Waals surface area contributed by atoms with Crippen LogP contribution in [0.2, 0.25) is 0 Å². The second kappa shape index (κ2) is 8.17. The predicted molar refractivity (Wildman–Crippen MR) is 122 cm³/mol. The van der Waals surface area contributed by atoms with E-state index in [1.165, 1.54) is 25.0 Å². The minimum absolute atomic E-state index is 0.234. The van der Waals surface area contributed by atoms with Crippen LogP contribution < -0.4 is 19.9 Å². The third-order valence-corrected chi connectivity index (χ3v) is 7.11. The molecule has 1 aromatic carbocycles. The number of fused-ring (bicyclic) bond motifs is 3. The van der Waals surface area contributed by atoms with Crippen molar-refractivity contribution in [2.45, 2.75) is 31.8 Å². The number of halogens is 1. The zero-order valence-electron chi connectivity index (χ0n) is 18.6. The quantitative estimate of drug-likeness (QED) is 0.635. The molecule has 3 aromatic rings. The van der Waals surface area contributed by atoms with Crippen molar-refractivity contribution in [3.8, 4) is 5.88 Å². The molecule has 2 fully saturated rings. The van der Waals surface area contributed by atoms with Gasteiger partial charge in [-0.1, -0.05) is 0 Å². The first-order chi connectivity index (χ1) is 16.2. The number of hydrogen-bond donors (Lipinski definition) is 1. The van der Waals surface area contributed by atoms with Gasteiger partial charge in [0.05, 0.1) is 19.0 Å². The fourth-order valence-electron chi connectivity index (χ4n) is 5.52. The lowest BCUT2D eigenvalue weighted by Gasteiger charge is -2.39. The molecular formula is C23H27FN8O. The van der Waals surface area contributed by atoms with Crippen molar-refractivity contribution >= 4 is 23.3 Å². The zero-order valence-corrected chi connectivity index (χ0v) is 18.6. The lowest BCUT2D eigenvalue weighted by atomic mass is 9.92. The molecule has 3 atom stereocenters. The summed E-state index contributed by atoms with van der Waals surface area (Å²) in [7, 11) is 1.61. The monoisotopic (exact) mass is 450 g/mol. The van der Waals surface area contributed by atoms with E-state index >= 15 is 0 Å². The molecule has 9 nitrogen and oxygen atoms in total. The second-order valence-electron chi connectivity index (χ2n) is 9.07. The molecule has 2 aliphatic heterocycles. The molecule has 10 heteroatoms. The van der Waals surface area contributed by atoms with Crippen molar-refractivity contribution in [3.63, 3.8) is 0 Å². The van der Waals surface area contributed by atoms with Crippen LogP contribution in [0.1, 0.15) is 19.3 Å². The minimum Gasteiger partial charge on any atom is -0.480 e. The summed E-state index contributed by atoms with van der Waals surface area (Å²) in [6, 6.07) is 8.88. The van der Waals surface area contributed by atoms with Gasteiger partial charge in [-0.2, -0.15) is 10.1 Å². The van der Waals surface area contributed by atoms with Crippen LogP contribution in [0, 0.1) is 17.7 Å². The molecule has 1 aliphatic carbocycles. The van der Waals surface area contributed by atoms with Gasteiger partial charge in [0.25, 0.3) is 0 Å². The molecule has 4 heterocycles. The van der Waals surface area contributed by atoms with Crippen LogP contribution in [0.15, 0.2) is 36.5 Å². The molecule has 3 aliphatic rings. The van der Waals surface area contributed by atoms with E-state index in [1.54, 1.807) is 19.2 Å². The lowest BCUT2D eigenvalue weighted by molar-refractivity contribution is 0.372. The first-order valence-corrected chi connectivity index (χ1v) is 11.5. The topological polar surface area (TPSA) is 84.2 Å². The Morgan fingerprint density at radius 3 is 2.61 bits per heavy atom. The average Bonchev–Trinajstić information content (AvgIpc) is 3.35. The number of rotatable bonds is 5. The molecule has 1 N–H and O–H groups in total. The van der Waals surface area contributed by atoms with E-state index in [0.29, 0.717) is 29.7 Å². The number of piperidine rings is 1. The molecule has 33 heavy (non-hydrogen) atoms. The van der Waals surface area contributed by atoms with Crippen LogP contribution in [0.5, 0.6) is 5.88 Å². The number of benzene rings is 1. The van der Waals surface area contributed by atoms with Gasteiger partial charge in [-0.3, -0.25) is 0 Å². The number of anilines is 4. The molecule has 1 saturated carbocycles. The summed E-state index contributed by atoms with van der Waals surface area (Å²) in [4.78, 5) is 9.35. The Balaban J connectivity index is 1.19. The van der Waals surface area contributed by atoms with E-state index in [-0.39, 0.29) is 5.82 Å². The third-order valence-electron chi connectivity index (χ3n) is 7.11. The fraction of sp³-hybridized carbons (Fsp3) is 0.478. The van der Waals surface area contributed by atoms with Gasteiger partial charge in [0, 0.05) is 44.0 Å². The van der Waals surface area contributed by atoms with Crippen LogP contribution in [-0.2, 0) is 6.54 Å². The Labute approximate surface area is 191 Å². The molecule has 172 valence electrons. The normalized spacial score (nSPS) is 24.0. The summed E-state index contributed by atoms with van der Waals surface area (Å²) >= 11 is 0. The first-order valence-electron chi connectivity index (χ1n) is 11.5. The summed E-state index contributed by atoms with van der Waals surface area (Å²) in [5, 5.41) is 16.5. The number of ether oxygens (including phenoxy) is 1. The number of aromatic nitrogens is 5. The number of hydrogen-bond acceptors (Lipinski definition) is 8. The van der Waals surface area contributed by atoms with Crippen molar-refractivity contribution < 1.29 is 9.13 Å². The molecule has 0 amide bonds. The molecule has 1 saturated heterocycles. The minimum atomic E-state index is -0.234. The highest BCUT2D eigenvalue weighted by molar-refractivity contribution is 5.59. The van der Waals surface area contributed by atoms with E-state index in [9.17, 15) is 4.39 Å². The molecule has 1 unspecified atom stereocenters. The highest BCUT2D eigenvalue weighted by Crippen LogP contribution is 2.40. The van der Waals surface area contributed by atoms with Crippen molar-refractivity contribution in [2.24, 2.45) is 11.8 Å². The third kappa shape index (κ3) is 3.73. The van der Waals surface area contributed by atoms with Gasteiger partial charge >= 0.3 is 0 Å². The maximum Gasteiger partial charge on any atom is 0.244 e. The van der Waals surface area contributed by atoms with E-state index in [0.717, 1.165) is 49.9 Å². The van der Waals surface area contributed by atoms with Gasteiger partial charge in [-0.25, -0.2) is 9.07 Å². The lowest BCUT2D eigenvalue weighted by Crippen LogP contribution is -2.48. The van der Waals surface area contributed by atoms with E-state index in [2.05, 4.69) is 25.3 Å². The molecule has 0 radical (unpaired) electrons. The van der Waals surface area contributed by atoms with Crippen molar-refractivity contribution in [1.29, 1.82) is 0 Å². The van der Waals surface area contributed by atoms with E-state index < -0.39 is 0 Å². The summed E-state index contributed by atoms with van der Waals surface area (Å²) in [5.41, 5.74) is 1.99. The Kier molecular flexibility index (Phi) is 5.00. The maximum absolute atomic E-state index is 13.4. The van der Waals surface area contributed by atoms with Crippen LogP contribution >= 0.6 is 0 Å². The summed E-state index contributed by atoms with van der Waals surface area (Å²) in [5.74, 6) is 2.82. The van der Waals surface area contributed by atoms with E-state index in [4.69, 9.17) is 14.8 Å². The number of methoxy groups -OCH3 is 1. The summed E-state index contributed by atoms with van der Waals surface area (Å²) in [6.45, 7) is 3.59. The van der Waals surface area contributed by atoms with Crippen molar-refractivity contribution in [3.05, 3.63) is 42.3 Å². The summed E-state index contributed by atoms with van der Waals surface area (Å²) in [6.07, 6.45) is 5.15. The largest absolute Gasteiger partial charge is 0.480 e. The highest BCUT2D eigenvalue weighted by atomic mass is 19.1. The summed E-state index contributed by atoms with van der Waals surface area (Å²) < 4.78 is 20.6. The fourth-order valence-corrected chi connectivity index (χ4v) is 5.52. The van der Waals surface area contributed by atoms with Gasteiger partial charge in [-0.05, 0) is 55.4 Å². The molecule has 2 bridgehead atoms. The number of nitrogens with zero attached hydrogens (tertiary/aromatic N) is 7. The predicted octanol–water partition coefficient (Wildman–Crippen LogP) is 3.08. The van der Waals surface area contributed by atoms with Crippen molar-refractivity contribution in [1.82, 2.24) is 25.0 Å². The molecular weight excluding hydrogens is 423 g/mol. The standard InChI is InChI=1S/C23H27FN8O/c1-33-20-11-19(12-25-28-20)30-13-15-3-4-16(14-30)21(15)26-22-27-23-31(9-2-10-32(23)29-22)18-7-5-17(24)6-8-18/h5-8,11-12,15-16,21H,2-4,9-10,13-14H2,1H3,(H,26,29)/t15-,16+,21?. The Hall–Kier alpha value is -3.43. The smallest absolute Gasteiger partial charge is 0.244 e. The SMILES string of the molecule is COc1cc(N2C[C@H]3CC[C@@H](C2)C3Nc2nc3n(n2)CCCN3c2ccc(F)cc2)cnn1. The van der Waals surface area contributed by atoms with Gasteiger partial charge in [0.1, 0.15) is 5.82 Å². The highest BCUT2D eigenvalue weighted by Gasteiger charge is 2.43. The molecule has 2 aromatic heterocycles. The van der Waals surface area contributed by atoms with Crippen molar-refractivity contribution in [2.75, 3.05) is 41.9 Å². The Morgan fingerprint density at radius 1 is 1.06 bits per heavy atom. The van der Waals surface area contributed by atoms with E-state index in [1.807, 2.05) is 16.9 Å². The second-order valence-corrected chi connectivity index (χ2v) is 9.07. The number of aryl methyl sites for hydroxylation is 1. The van der Waals surface area contributed by atoms with Crippen LogP contribution in [0.4, 0.5) is 27.7 Å². The zero-order chi connectivity index (χ0) is 22.4. The van der Waals surface area contributed by atoms with Crippen LogP contribution in [-0.4, -0.2) is 57.7 Å². The van der Waals surface area contributed by atoms with Gasteiger partial charge in [0.15, 0.2) is 0 Å². The Bertz CT molecular complexity index is 1120. The Morgan fingerprint density at radius 2 is 1.85 bits per heavy atom. The number of nitrogens with one attached hydrogen (secondary N) is 1. The molecule has 0 spiro atoms. The average molecular weight is 451 g/mol.